The van der Waals surface area contributed by atoms with E-state index in [2.05, 4.69) is 16.4 Å². The Morgan fingerprint density at radius 2 is 2.07 bits per heavy atom. The molecule has 1 aliphatic carbocycles. The standard InChI is InChI=1S/C21H23N3O4S/c1-26-8-9-28-19-10-14(6-7-18(19)27-2)23-20(25)15-11-17(13-4-5-13)24-21(29-3)16(15)12-22/h6-7,10-11,13H,4-5,8-9H2,1-3H3,(H,23,25). The van der Waals surface area contributed by atoms with Crippen LogP contribution in [0.2, 0.25) is 0 Å². The molecule has 0 spiro atoms. The topological polar surface area (TPSA) is 93.5 Å². The number of nitrogens with one attached hydrogen (secondary N) is 1. The lowest BCUT2D eigenvalue weighted by molar-refractivity contribution is 0.102. The van der Waals surface area contributed by atoms with Gasteiger partial charge in [-0.2, -0.15) is 5.26 Å². The molecule has 152 valence electrons. The normalized spacial score (nSPS) is 12.9. The summed E-state index contributed by atoms with van der Waals surface area (Å²) < 4.78 is 16.0. The third-order valence-electron chi connectivity index (χ3n) is 4.52. The molecule has 1 amide bonds. The molecule has 2 aromatic rings. The van der Waals surface area contributed by atoms with E-state index in [9.17, 15) is 10.1 Å². The van der Waals surface area contributed by atoms with Crippen LogP contribution < -0.4 is 14.8 Å². The predicted molar refractivity (Wildman–Crippen MR) is 111 cm³/mol. The van der Waals surface area contributed by atoms with E-state index < -0.39 is 0 Å². The third-order valence-corrected chi connectivity index (χ3v) is 5.20. The number of carbonyl (C=O) groups excluding carboxylic acids is 1. The summed E-state index contributed by atoms with van der Waals surface area (Å²) in [5.74, 6) is 1.08. The van der Waals surface area contributed by atoms with Gasteiger partial charge in [-0.05, 0) is 37.3 Å². The molecule has 8 heteroatoms. The maximum atomic E-state index is 13.0. The molecule has 1 heterocycles. The Morgan fingerprint density at radius 1 is 1.28 bits per heavy atom. The van der Waals surface area contributed by atoms with E-state index in [0.717, 1.165) is 18.5 Å². The third kappa shape index (κ3) is 5.00. The lowest BCUT2D eigenvalue weighted by atomic mass is 10.1. The van der Waals surface area contributed by atoms with E-state index >= 15 is 0 Å². The minimum Gasteiger partial charge on any atom is -0.493 e. The molecule has 1 fully saturated rings. The average molecular weight is 413 g/mol. The van der Waals surface area contributed by atoms with Gasteiger partial charge in [0.25, 0.3) is 5.91 Å². The molecule has 3 rings (SSSR count). The second-order valence-corrected chi connectivity index (χ2v) is 7.32. The van der Waals surface area contributed by atoms with Gasteiger partial charge in [0.15, 0.2) is 11.5 Å². The predicted octanol–water partition coefficient (Wildman–Crippen LogP) is 3.84. The average Bonchev–Trinajstić information content (AvgIpc) is 3.58. The summed E-state index contributed by atoms with van der Waals surface area (Å²) in [5.41, 5.74) is 2.05. The number of aromatic nitrogens is 1. The number of pyridine rings is 1. The van der Waals surface area contributed by atoms with Gasteiger partial charge in [0.2, 0.25) is 0 Å². The number of carbonyl (C=O) groups is 1. The molecule has 7 nitrogen and oxygen atoms in total. The molecule has 29 heavy (non-hydrogen) atoms. The lowest BCUT2D eigenvalue weighted by Crippen LogP contribution is -2.15. The van der Waals surface area contributed by atoms with Crippen LogP contribution in [0.1, 0.15) is 40.4 Å². The first-order chi connectivity index (χ1) is 14.1. The van der Waals surface area contributed by atoms with E-state index in [-0.39, 0.29) is 5.91 Å². The Hall–Kier alpha value is -2.76. The van der Waals surface area contributed by atoms with Gasteiger partial charge in [0.05, 0.1) is 24.8 Å². The van der Waals surface area contributed by atoms with Crippen LogP contribution in [0.5, 0.6) is 11.5 Å². The smallest absolute Gasteiger partial charge is 0.257 e. The van der Waals surface area contributed by atoms with E-state index in [1.165, 1.54) is 11.8 Å². The highest BCUT2D eigenvalue weighted by Crippen LogP contribution is 2.40. The first-order valence-corrected chi connectivity index (χ1v) is 10.4. The van der Waals surface area contributed by atoms with Gasteiger partial charge in [0, 0.05) is 30.5 Å². The van der Waals surface area contributed by atoms with Crippen LogP contribution >= 0.6 is 11.8 Å². The molecule has 0 radical (unpaired) electrons. The van der Waals surface area contributed by atoms with Crippen molar-refractivity contribution < 1.29 is 19.0 Å². The molecular formula is C21H23N3O4S. The van der Waals surface area contributed by atoms with Crippen LogP contribution in [0.4, 0.5) is 5.69 Å². The first kappa shape index (κ1) is 21.0. The summed E-state index contributed by atoms with van der Waals surface area (Å²) >= 11 is 1.37. The maximum Gasteiger partial charge on any atom is 0.257 e. The number of anilines is 1. The molecule has 0 saturated heterocycles. The fourth-order valence-corrected chi connectivity index (χ4v) is 3.42. The number of hydrogen-bond donors (Lipinski definition) is 1. The number of ether oxygens (including phenoxy) is 3. The number of benzene rings is 1. The van der Waals surface area contributed by atoms with E-state index in [0.29, 0.717) is 52.5 Å². The molecule has 1 aromatic carbocycles. The number of methoxy groups -OCH3 is 2. The second kappa shape index (κ2) is 9.63. The Labute approximate surface area is 174 Å². The largest absolute Gasteiger partial charge is 0.493 e. The van der Waals surface area contributed by atoms with Crippen LogP contribution in [0.15, 0.2) is 29.3 Å². The highest BCUT2D eigenvalue weighted by Gasteiger charge is 2.28. The van der Waals surface area contributed by atoms with Gasteiger partial charge in [-0.1, -0.05) is 0 Å². The summed E-state index contributed by atoms with van der Waals surface area (Å²) in [6.07, 6.45) is 3.98. The fraction of sp³-hybridized carbons (Fsp3) is 0.381. The van der Waals surface area contributed by atoms with Crippen LogP contribution in [0.3, 0.4) is 0 Å². The summed E-state index contributed by atoms with van der Waals surface area (Å²) in [6.45, 7) is 0.790. The van der Waals surface area contributed by atoms with Gasteiger partial charge >= 0.3 is 0 Å². The van der Waals surface area contributed by atoms with Crippen molar-refractivity contribution in [1.82, 2.24) is 4.98 Å². The van der Waals surface area contributed by atoms with Gasteiger partial charge in [-0.3, -0.25) is 4.79 Å². The van der Waals surface area contributed by atoms with Crippen molar-refractivity contribution >= 4 is 23.4 Å². The van der Waals surface area contributed by atoms with Gasteiger partial charge in [-0.25, -0.2) is 4.98 Å². The number of nitrogens with zero attached hydrogens (tertiary/aromatic N) is 2. The molecule has 1 aromatic heterocycles. The Bertz CT molecular complexity index is 938. The number of hydrogen-bond acceptors (Lipinski definition) is 7. The Balaban J connectivity index is 1.87. The minimum absolute atomic E-state index is 0.296. The van der Waals surface area contributed by atoms with Crippen molar-refractivity contribution in [3.05, 3.63) is 41.1 Å². The zero-order valence-corrected chi connectivity index (χ0v) is 17.5. The molecule has 1 saturated carbocycles. The fourth-order valence-electron chi connectivity index (χ4n) is 2.86. The van der Waals surface area contributed by atoms with Crippen molar-refractivity contribution in [2.24, 2.45) is 0 Å². The van der Waals surface area contributed by atoms with Crippen LogP contribution in [0.25, 0.3) is 0 Å². The highest BCUT2D eigenvalue weighted by atomic mass is 32.2. The maximum absolute atomic E-state index is 13.0. The molecule has 0 unspecified atom stereocenters. The molecule has 0 atom stereocenters. The zero-order valence-electron chi connectivity index (χ0n) is 16.7. The number of amides is 1. The highest BCUT2D eigenvalue weighted by molar-refractivity contribution is 7.98. The summed E-state index contributed by atoms with van der Waals surface area (Å²) in [4.78, 5) is 17.6. The van der Waals surface area contributed by atoms with E-state index in [1.54, 1.807) is 38.5 Å². The van der Waals surface area contributed by atoms with Gasteiger partial charge < -0.3 is 19.5 Å². The molecule has 0 bridgehead atoms. The van der Waals surface area contributed by atoms with Crippen molar-refractivity contribution in [3.63, 3.8) is 0 Å². The quantitative estimate of drug-likeness (QED) is 0.493. The first-order valence-electron chi connectivity index (χ1n) is 9.21. The second-order valence-electron chi connectivity index (χ2n) is 6.53. The summed E-state index contributed by atoms with van der Waals surface area (Å²) in [6, 6.07) is 9.01. The molecule has 1 aliphatic rings. The number of rotatable bonds is 9. The van der Waals surface area contributed by atoms with Crippen molar-refractivity contribution in [2.45, 2.75) is 23.8 Å². The van der Waals surface area contributed by atoms with Crippen LogP contribution in [0, 0.1) is 11.3 Å². The Morgan fingerprint density at radius 3 is 2.69 bits per heavy atom. The summed E-state index contributed by atoms with van der Waals surface area (Å²) in [5, 5.41) is 13.0. The van der Waals surface area contributed by atoms with Crippen molar-refractivity contribution in [3.8, 4) is 17.6 Å². The Kier molecular flexibility index (Phi) is 6.96. The summed E-state index contributed by atoms with van der Waals surface area (Å²) in [7, 11) is 3.15. The van der Waals surface area contributed by atoms with Crippen LogP contribution in [-0.4, -0.2) is 44.6 Å². The molecular weight excluding hydrogens is 390 g/mol. The van der Waals surface area contributed by atoms with Gasteiger partial charge in [-0.15, -0.1) is 11.8 Å². The van der Waals surface area contributed by atoms with Gasteiger partial charge in [0.1, 0.15) is 17.7 Å². The lowest BCUT2D eigenvalue weighted by Gasteiger charge is -2.14. The van der Waals surface area contributed by atoms with E-state index in [1.807, 2.05) is 6.26 Å². The molecule has 1 N–H and O–H groups in total. The SMILES string of the molecule is COCCOc1cc(NC(=O)c2cc(C3CC3)nc(SC)c2C#N)ccc1OC. The molecule has 0 aliphatic heterocycles. The van der Waals surface area contributed by atoms with Crippen LogP contribution in [-0.2, 0) is 4.74 Å². The number of thioether (sulfide) groups is 1. The zero-order chi connectivity index (χ0) is 20.8. The van der Waals surface area contributed by atoms with Crippen molar-refractivity contribution in [2.75, 3.05) is 39.0 Å². The minimum atomic E-state index is -0.353. The van der Waals surface area contributed by atoms with E-state index in [4.69, 9.17) is 14.2 Å². The van der Waals surface area contributed by atoms with Crippen molar-refractivity contribution in [1.29, 1.82) is 5.26 Å². The monoisotopic (exact) mass is 413 g/mol. The number of nitriles is 1.